The Kier molecular flexibility index (Phi) is 12.9. The Morgan fingerprint density at radius 3 is 2.00 bits per heavy atom. The van der Waals surface area contributed by atoms with Crippen molar-refractivity contribution in [2.75, 3.05) is 19.6 Å². The average molecular weight is 311 g/mol. The van der Waals surface area contributed by atoms with Gasteiger partial charge < -0.3 is 10.6 Å². The summed E-state index contributed by atoms with van der Waals surface area (Å²) in [6, 6.07) is 0. The van der Waals surface area contributed by atoms with Crippen LogP contribution >= 0.6 is 0 Å². The number of rotatable bonds is 2. The molecule has 0 aliphatic carbocycles. The molecule has 12 heavy (non-hydrogen) atoms. The summed E-state index contributed by atoms with van der Waals surface area (Å²) in [4.78, 5) is 0. The molecule has 0 unspecified atom stereocenters. The van der Waals surface area contributed by atoms with Crippen molar-refractivity contribution >= 4 is 0 Å². The first-order chi connectivity index (χ1) is 4.58. The van der Waals surface area contributed by atoms with Crippen LogP contribution in [0.25, 0.3) is 10.6 Å². The molecule has 0 saturated carbocycles. The van der Waals surface area contributed by atoms with Gasteiger partial charge in [-0.2, -0.15) is 0 Å². The van der Waals surface area contributed by atoms with E-state index in [2.05, 4.69) is 31.4 Å². The molecular formula is C8H16N2Rb2. The minimum absolute atomic E-state index is 0. The van der Waals surface area contributed by atoms with E-state index >= 15 is 0 Å². The molecule has 0 radical (unpaired) electrons. The summed E-state index contributed by atoms with van der Waals surface area (Å²) in [5.74, 6) is 0.763. The molecule has 60 valence electrons. The molecular weight excluding hydrogens is 295 g/mol. The van der Waals surface area contributed by atoms with Gasteiger partial charge in [-0.25, -0.2) is 0 Å². The van der Waals surface area contributed by atoms with E-state index in [1.54, 1.807) is 0 Å². The van der Waals surface area contributed by atoms with Gasteiger partial charge in [0.1, 0.15) is 0 Å². The standard InChI is InChI=1S/C8H16N2.2Rb/c1-8(2,3)10-6-7-4-9-5-7;;/h7H,4-6H2,1-3H3;;/q-2;2*+1. The molecule has 0 amide bonds. The largest absolute Gasteiger partial charge is 1.00 e. The molecule has 1 heterocycles. The molecule has 1 saturated heterocycles. The Labute approximate surface area is 174 Å². The number of hydrogen-bond donors (Lipinski definition) is 0. The first-order valence-corrected chi connectivity index (χ1v) is 3.90. The van der Waals surface area contributed by atoms with Crippen LogP contribution in [0.4, 0.5) is 0 Å². The molecule has 2 nitrogen and oxygen atoms in total. The van der Waals surface area contributed by atoms with Gasteiger partial charge in [0.15, 0.2) is 0 Å². The van der Waals surface area contributed by atoms with E-state index in [0.29, 0.717) is 0 Å². The van der Waals surface area contributed by atoms with Crippen molar-refractivity contribution < 1.29 is 116 Å². The molecule has 1 fully saturated rings. The second-order valence-electron chi connectivity index (χ2n) is 3.97. The fourth-order valence-corrected chi connectivity index (χ4v) is 0.830. The molecule has 0 bridgehead atoms. The van der Waals surface area contributed by atoms with E-state index in [0.717, 1.165) is 25.6 Å². The van der Waals surface area contributed by atoms with Crippen molar-refractivity contribution in [2.45, 2.75) is 26.3 Å². The van der Waals surface area contributed by atoms with Crippen LogP contribution in [0.15, 0.2) is 0 Å². The zero-order chi connectivity index (χ0) is 7.61. The zero-order valence-corrected chi connectivity index (χ0v) is 18.9. The van der Waals surface area contributed by atoms with Crippen LogP contribution < -0.4 is 116 Å². The van der Waals surface area contributed by atoms with Gasteiger partial charge in [0, 0.05) is 0 Å². The summed E-state index contributed by atoms with van der Waals surface area (Å²) >= 11 is 0. The van der Waals surface area contributed by atoms with Crippen molar-refractivity contribution in [3.63, 3.8) is 0 Å². The zero-order valence-electron chi connectivity index (χ0n) is 9.09. The van der Waals surface area contributed by atoms with Gasteiger partial charge in [0.2, 0.25) is 0 Å². The van der Waals surface area contributed by atoms with E-state index in [-0.39, 0.29) is 122 Å². The third-order valence-corrected chi connectivity index (χ3v) is 1.60. The minimum Gasteiger partial charge on any atom is -0.662 e. The van der Waals surface area contributed by atoms with E-state index in [1.807, 2.05) is 0 Å². The molecule has 0 spiro atoms. The summed E-state index contributed by atoms with van der Waals surface area (Å²) in [6.07, 6.45) is 0. The molecule has 0 aromatic rings. The second-order valence-corrected chi connectivity index (χ2v) is 3.97. The minimum atomic E-state index is 0. The van der Waals surface area contributed by atoms with Crippen LogP contribution in [0.2, 0.25) is 0 Å². The Morgan fingerprint density at radius 1 is 1.25 bits per heavy atom. The first kappa shape index (κ1) is 17.9. The van der Waals surface area contributed by atoms with Crippen molar-refractivity contribution in [2.24, 2.45) is 5.92 Å². The van der Waals surface area contributed by atoms with Crippen LogP contribution in [0.1, 0.15) is 20.8 Å². The SMILES string of the molecule is CC(C)(C)[N-]CC1C[N-]C1.[Rb+].[Rb+]. The predicted molar refractivity (Wildman–Crippen MR) is 44.6 cm³/mol. The molecule has 1 aliphatic heterocycles. The number of hydrogen-bond acceptors (Lipinski definition) is 0. The second kappa shape index (κ2) is 8.66. The van der Waals surface area contributed by atoms with Gasteiger partial charge in [-0.1, -0.05) is 26.7 Å². The quantitative estimate of drug-likeness (QED) is 0.500. The van der Waals surface area contributed by atoms with Gasteiger partial charge in [0.25, 0.3) is 0 Å². The van der Waals surface area contributed by atoms with E-state index in [9.17, 15) is 0 Å². The van der Waals surface area contributed by atoms with Crippen molar-refractivity contribution in [1.82, 2.24) is 0 Å². The summed E-state index contributed by atoms with van der Waals surface area (Å²) in [6.45, 7) is 9.51. The van der Waals surface area contributed by atoms with Gasteiger partial charge in [0.05, 0.1) is 0 Å². The first-order valence-electron chi connectivity index (χ1n) is 3.90. The van der Waals surface area contributed by atoms with Crippen LogP contribution in [-0.2, 0) is 0 Å². The third kappa shape index (κ3) is 8.81. The predicted octanol–water partition coefficient (Wildman–Crippen LogP) is -3.83. The maximum Gasteiger partial charge on any atom is 1.00 e. The van der Waals surface area contributed by atoms with E-state index in [1.165, 1.54) is 0 Å². The van der Waals surface area contributed by atoms with E-state index in [4.69, 9.17) is 0 Å². The topological polar surface area (TPSA) is 28.2 Å². The fraction of sp³-hybridized carbons (Fsp3) is 1.00. The summed E-state index contributed by atoms with van der Waals surface area (Å²) < 4.78 is 0. The smallest absolute Gasteiger partial charge is 0.662 e. The maximum atomic E-state index is 4.52. The summed E-state index contributed by atoms with van der Waals surface area (Å²) in [7, 11) is 0. The van der Waals surface area contributed by atoms with Gasteiger partial charge >= 0.3 is 116 Å². The molecule has 1 aliphatic rings. The van der Waals surface area contributed by atoms with Crippen LogP contribution in [0, 0.1) is 5.92 Å². The van der Waals surface area contributed by atoms with Crippen molar-refractivity contribution in [1.29, 1.82) is 0 Å². The Balaban J connectivity index is 0. The van der Waals surface area contributed by atoms with Crippen LogP contribution in [-0.4, -0.2) is 25.2 Å². The molecule has 0 aromatic heterocycles. The van der Waals surface area contributed by atoms with Gasteiger partial charge in [-0.15, -0.1) is 25.2 Å². The molecule has 4 heteroatoms. The van der Waals surface area contributed by atoms with Gasteiger partial charge in [-0.05, 0) is 0 Å². The Bertz CT molecular complexity index is 108. The Hall–Kier alpha value is 3.53. The normalized spacial score (nSPS) is 17.2. The van der Waals surface area contributed by atoms with E-state index < -0.39 is 0 Å². The van der Waals surface area contributed by atoms with Crippen LogP contribution in [0.3, 0.4) is 0 Å². The molecule has 1 rings (SSSR count). The maximum absolute atomic E-state index is 4.52. The van der Waals surface area contributed by atoms with Crippen molar-refractivity contribution in [3.05, 3.63) is 10.6 Å². The fourth-order valence-electron chi connectivity index (χ4n) is 0.830. The molecule has 0 aromatic carbocycles. The molecule has 0 N–H and O–H groups in total. The summed E-state index contributed by atoms with van der Waals surface area (Å²) in [5, 5.41) is 8.66. The van der Waals surface area contributed by atoms with Gasteiger partial charge in [-0.3, -0.25) is 0 Å². The summed E-state index contributed by atoms with van der Waals surface area (Å²) in [5.41, 5.74) is 0.148. The number of nitrogens with zero attached hydrogens (tertiary/aromatic N) is 2. The average Bonchev–Trinajstić information content (AvgIpc) is 1.56. The Morgan fingerprint density at radius 2 is 1.75 bits per heavy atom. The third-order valence-electron chi connectivity index (χ3n) is 1.60. The monoisotopic (exact) mass is 310 g/mol. The van der Waals surface area contributed by atoms with Crippen molar-refractivity contribution in [3.8, 4) is 0 Å². The van der Waals surface area contributed by atoms with Crippen LogP contribution in [0.5, 0.6) is 0 Å². The molecule has 0 atom stereocenters.